The highest BCUT2D eigenvalue weighted by atomic mass is 79.9. The van der Waals surface area contributed by atoms with Crippen molar-refractivity contribution in [2.75, 3.05) is 0 Å². The van der Waals surface area contributed by atoms with Crippen molar-refractivity contribution >= 4 is 54.6 Å². The van der Waals surface area contributed by atoms with E-state index in [-0.39, 0.29) is 34.8 Å². The number of rotatable bonds is 4. The highest BCUT2D eigenvalue weighted by Crippen LogP contribution is 2.12. The lowest BCUT2D eigenvalue weighted by atomic mass is 10.1. The van der Waals surface area contributed by atoms with Crippen LogP contribution in [0, 0.1) is 12.3 Å². The molecule has 0 atom stereocenters. The van der Waals surface area contributed by atoms with Crippen LogP contribution in [-0.2, 0) is 11.9 Å². The molecule has 0 bridgehead atoms. The monoisotopic (exact) mass is 477 g/mol. The molecule has 1 aromatic heterocycles. The van der Waals surface area contributed by atoms with Crippen molar-refractivity contribution in [2.45, 2.75) is 18.8 Å². The third-order valence-corrected chi connectivity index (χ3v) is 4.06. The van der Waals surface area contributed by atoms with Crippen LogP contribution in [0.15, 0.2) is 34.9 Å². The molecule has 0 aliphatic carbocycles. The molecule has 0 saturated carbocycles. The van der Waals surface area contributed by atoms with Gasteiger partial charge in [0.1, 0.15) is 5.82 Å². The number of benzene rings is 1. The number of carbonyl (C=O) groups is 1. The molecule has 0 unspecified atom stereocenters. The fourth-order valence-electron chi connectivity index (χ4n) is 1.78. The molecule has 0 amide bonds. The van der Waals surface area contributed by atoms with Gasteiger partial charge < -0.3 is 4.57 Å². The summed E-state index contributed by atoms with van der Waals surface area (Å²) in [5.74, 6) is 0.677. The molecule has 1 aromatic carbocycles. The van der Waals surface area contributed by atoms with Gasteiger partial charge in [0.05, 0.1) is 6.54 Å². The second kappa shape index (κ2) is 8.00. The molecule has 0 fully saturated rings. The lowest BCUT2D eigenvalue weighted by Gasteiger charge is -2.11. The maximum absolute atomic E-state index is 12.2. The van der Waals surface area contributed by atoms with Gasteiger partial charge in [0.25, 0.3) is 0 Å². The molecule has 4 nitrogen and oxygen atoms in total. The Labute approximate surface area is 150 Å². The number of Topliss-reactive ketones (excluding diaryl/α,β-unsaturated/α-hetero) is 1. The summed E-state index contributed by atoms with van der Waals surface area (Å²) in [6, 6.07) is 7.28. The molecule has 2 rings (SSSR count). The average molecular weight is 480 g/mol. The number of aryl methyl sites for hydroxylation is 1. The minimum absolute atomic E-state index is 0. The maximum atomic E-state index is 12.2. The van der Waals surface area contributed by atoms with Crippen molar-refractivity contribution in [3.63, 3.8) is 0 Å². The quantitative estimate of drug-likeness (QED) is 0.536. The van der Waals surface area contributed by atoms with Gasteiger partial charge in [-0.15, -0.1) is 17.0 Å². The first-order chi connectivity index (χ1) is 9.51. The second-order valence-electron chi connectivity index (χ2n) is 4.35. The van der Waals surface area contributed by atoms with Crippen molar-refractivity contribution in [1.29, 1.82) is 5.41 Å². The van der Waals surface area contributed by atoms with Crippen LogP contribution in [0.3, 0.4) is 0 Å². The molecule has 0 spiro atoms. The fourth-order valence-corrected chi connectivity index (χ4v) is 2.45. The number of aromatic nitrogens is 2. The van der Waals surface area contributed by atoms with Gasteiger partial charge in [-0.05, 0) is 19.1 Å². The molecule has 1 heterocycles. The van der Waals surface area contributed by atoms with Gasteiger partial charge in [-0.1, -0.05) is 44.0 Å². The van der Waals surface area contributed by atoms with E-state index in [4.69, 9.17) is 5.41 Å². The van der Waals surface area contributed by atoms with E-state index in [1.807, 2.05) is 12.1 Å². The van der Waals surface area contributed by atoms with E-state index in [9.17, 15) is 4.79 Å². The fraction of sp³-hybridized carbons (Fsp3) is 0.214. The van der Waals surface area contributed by atoms with Gasteiger partial charge in [0.15, 0.2) is 11.3 Å². The predicted molar refractivity (Wildman–Crippen MR) is 94.2 cm³/mol. The van der Waals surface area contributed by atoms with E-state index in [1.54, 1.807) is 29.8 Å². The minimum atomic E-state index is 0. The number of nitrogens with zero attached hydrogens (tertiary/aromatic N) is 2. The lowest BCUT2D eigenvalue weighted by Crippen LogP contribution is -2.22. The first-order valence-corrected chi connectivity index (χ1v) is 7.89. The average Bonchev–Trinajstić information content (AvgIpc) is 2.42. The van der Waals surface area contributed by atoms with E-state index >= 15 is 0 Å². The topological polar surface area (TPSA) is 58.7 Å². The van der Waals surface area contributed by atoms with Gasteiger partial charge in [-0.25, -0.2) is 4.98 Å². The largest absolute Gasteiger partial charge is 0.328 e. The summed E-state index contributed by atoms with van der Waals surface area (Å²) in [5, 5.41) is 8.28. The molecule has 0 aliphatic rings. The van der Waals surface area contributed by atoms with Crippen LogP contribution < -0.4 is 5.49 Å². The Morgan fingerprint density at radius 2 is 1.95 bits per heavy atom. The molecule has 21 heavy (non-hydrogen) atoms. The van der Waals surface area contributed by atoms with E-state index in [2.05, 4.69) is 36.8 Å². The van der Waals surface area contributed by atoms with Crippen LogP contribution >= 0.6 is 48.8 Å². The number of hydrogen-bond acceptors (Lipinski definition) is 3. The second-order valence-corrected chi connectivity index (χ2v) is 5.83. The van der Waals surface area contributed by atoms with Crippen LogP contribution in [0.1, 0.15) is 21.7 Å². The van der Waals surface area contributed by atoms with Gasteiger partial charge in [0, 0.05) is 27.1 Å². The van der Waals surface area contributed by atoms with E-state index in [1.165, 1.54) is 0 Å². The van der Waals surface area contributed by atoms with E-state index < -0.39 is 0 Å². The van der Waals surface area contributed by atoms with Crippen molar-refractivity contribution in [2.24, 2.45) is 0 Å². The molecule has 2 aromatic rings. The number of nitrogens with one attached hydrogen (secondary N) is 1. The summed E-state index contributed by atoms with van der Waals surface area (Å²) in [6.45, 7) is 2.02. The first-order valence-electron chi connectivity index (χ1n) is 5.97. The highest BCUT2D eigenvalue weighted by molar-refractivity contribution is 9.10. The summed E-state index contributed by atoms with van der Waals surface area (Å²) < 4.78 is 2.72. The van der Waals surface area contributed by atoms with Crippen molar-refractivity contribution in [3.05, 3.63) is 57.4 Å². The van der Waals surface area contributed by atoms with Crippen LogP contribution in [0.5, 0.6) is 0 Å². The molecular formula is C14H14Br3N3O. The molecular weight excluding hydrogens is 466 g/mol. The van der Waals surface area contributed by atoms with Crippen LogP contribution in [-0.4, -0.2) is 15.3 Å². The molecule has 7 heteroatoms. The number of alkyl halides is 1. The highest BCUT2D eigenvalue weighted by Gasteiger charge is 2.09. The smallest absolute Gasteiger partial charge is 0.182 e. The third-order valence-electron chi connectivity index (χ3n) is 2.93. The van der Waals surface area contributed by atoms with Crippen LogP contribution in [0.4, 0.5) is 0 Å². The molecule has 112 valence electrons. The minimum Gasteiger partial charge on any atom is -0.328 e. The van der Waals surface area contributed by atoms with Gasteiger partial charge in [-0.3, -0.25) is 10.2 Å². The summed E-state index contributed by atoms with van der Waals surface area (Å²) in [7, 11) is 0. The SMILES string of the molecule is Br.Cc1nc(=N)c(CBr)cn1CC(=O)c1ccc(Br)cc1. The molecule has 0 radical (unpaired) electrons. The maximum Gasteiger partial charge on any atom is 0.182 e. The standard InChI is InChI=1S/C14H13Br2N3O.BrH/c1-9-18-14(17)11(6-15)7-19(9)8-13(20)10-2-4-12(16)5-3-10;/h2-5,7,17H,6,8H2,1H3;1H. The Hall–Kier alpha value is -0.790. The van der Waals surface area contributed by atoms with E-state index in [0.717, 1.165) is 10.0 Å². The molecule has 0 aliphatic heterocycles. The summed E-state index contributed by atoms with van der Waals surface area (Å²) in [5.41, 5.74) is 1.67. The zero-order valence-corrected chi connectivity index (χ0v) is 16.2. The number of hydrogen-bond donors (Lipinski definition) is 1. The van der Waals surface area contributed by atoms with Gasteiger partial charge in [0.2, 0.25) is 0 Å². The van der Waals surface area contributed by atoms with Gasteiger partial charge >= 0.3 is 0 Å². The Morgan fingerprint density at radius 3 is 2.52 bits per heavy atom. The Morgan fingerprint density at radius 1 is 1.33 bits per heavy atom. The van der Waals surface area contributed by atoms with Crippen molar-refractivity contribution in [3.8, 4) is 0 Å². The Kier molecular flexibility index (Phi) is 6.96. The normalized spacial score (nSPS) is 10.0. The van der Waals surface area contributed by atoms with Gasteiger partial charge in [-0.2, -0.15) is 0 Å². The van der Waals surface area contributed by atoms with E-state index in [0.29, 0.717) is 16.7 Å². The van der Waals surface area contributed by atoms with Crippen molar-refractivity contribution in [1.82, 2.24) is 9.55 Å². The predicted octanol–water partition coefficient (Wildman–Crippen LogP) is 3.79. The third kappa shape index (κ3) is 4.59. The summed E-state index contributed by atoms with van der Waals surface area (Å²) in [4.78, 5) is 16.4. The zero-order chi connectivity index (χ0) is 14.7. The van der Waals surface area contributed by atoms with Crippen LogP contribution in [0.25, 0.3) is 0 Å². The number of ketones is 1. The Balaban J connectivity index is 0.00000220. The lowest BCUT2D eigenvalue weighted by molar-refractivity contribution is 0.0970. The summed E-state index contributed by atoms with van der Waals surface area (Å²) >= 11 is 6.67. The van der Waals surface area contributed by atoms with Crippen LogP contribution in [0.2, 0.25) is 0 Å². The summed E-state index contributed by atoms with van der Waals surface area (Å²) in [6.07, 6.45) is 1.80. The molecule has 0 saturated heterocycles. The van der Waals surface area contributed by atoms with Crippen molar-refractivity contribution < 1.29 is 4.79 Å². The number of carbonyl (C=O) groups excluding carboxylic acids is 1. The molecule has 1 N–H and O–H groups in total. The Bertz CT molecular complexity index is 696. The first kappa shape index (κ1) is 18.3. The zero-order valence-electron chi connectivity index (χ0n) is 11.3. The number of halogens is 3.